The summed E-state index contributed by atoms with van der Waals surface area (Å²) in [6.07, 6.45) is 4.33. The number of ether oxygens (including phenoxy) is 1. The number of amides is 1. The molecule has 1 N–H and O–H groups in total. The van der Waals surface area contributed by atoms with Crippen molar-refractivity contribution in [2.45, 2.75) is 24.5 Å². The Morgan fingerprint density at radius 2 is 2.32 bits per heavy atom. The van der Waals surface area contributed by atoms with Gasteiger partial charge in [-0.3, -0.25) is 4.79 Å². The van der Waals surface area contributed by atoms with Crippen molar-refractivity contribution in [3.63, 3.8) is 0 Å². The minimum absolute atomic E-state index is 0.218. The van der Waals surface area contributed by atoms with E-state index in [1.54, 1.807) is 24.1 Å². The average Bonchev–Trinajstić information content (AvgIpc) is 3.02. The van der Waals surface area contributed by atoms with E-state index in [0.29, 0.717) is 13.2 Å². The lowest BCUT2D eigenvalue weighted by Gasteiger charge is -2.11. The van der Waals surface area contributed by atoms with Gasteiger partial charge in [-0.25, -0.2) is 9.78 Å². The Bertz CT molecular complexity index is 483. The highest BCUT2D eigenvalue weighted by atomic mass is 32.2. The summed E-state index contributed by atoms with van der Waals surface area (Å²) in [5.41, 5.74) is 0.282. The molecule has 1 aliphatic rings. The zero-order valence-electron chi connectivity index (χ0n) is 10.9. The first-order valence-electron chi connectivity index (χ1n) is 6.06. The standard InChI is InChI=1S/C12H16N2O3S2/c1-3-17-11(16)10-14-8(6-19-10)9(15)13-7-12(18-2)4-5-12/h6H,3-5,7H2,1-2H3,(H,13,15). The van der Waals surface area contributed by atoms with Crippen molar-refractivity contribution in [2.75, 3.05) is 19.4 Å². The number of carbonyl (C=O) groups excluding carboxylic acids is 2. The number of nitrogens with zero attached hydrogens (tertiary/aromatic N) is 1. The maximum Gasteiger partial charge on any atom is 0.367 e. The SMILES string of the molecule is CCOC(=O)c1nc(C(=O)NCC2(SC)CC2)cs1. The average molecular weight is 300 g/mol. The third-order valence-electron chi connectivity index (χ3n) is 3.00. The molecule has 1 aliphatic carbocycles. The van der Waals surface area contributed by atoms with Gasteiger partial charge in [-0.15, -0.1) is 11.3 Å². The molecule has 2 rings (SSSR count). The van der Waals surface area contributed by atoms with Gasteiger partial charge in [0.15, 0.2) is 0 Å². The Hall–Kier alpha value is -1.08. The Morgan fingerprint density at radius 3 is 2.89 bits per heavy atom. The van der Waals surface area contributed by atoms with Crippen molar-refractivity contribution in [1.29, 1.82) is 0 Å². The fraction of sp³-hybridized carbons (Fsp3) is 0.583. The van der Waals surface area contributed by atoms with Crippen LogP contribution < -0.4 is 5.32 Å². The Morgan fingerprint density at radius 1 is 1.58 bits per heavy atom. The minimum atomic E-state index is -0.477. The van der Waals surface area contributed by atoms with Gasteiger partial charge in [0.25, 0.3) is 5.91 Å². The van der Waals surface area contributed by atoms with Crippen LogP contribution in [0.1, 0.15) is 40.1 Å². The highest BCUT2D eigenvalue weighted by Gasteiger charge is 2.42. The molecular weight excluding hydrogens is 284 g/mol. The molecule has 1 amide bonds. The molecule has 7 heteroatoms. The molecule has 0 spiro atoms. The monoisotopic (exact) mass is 300 g/mol. The molecule has 0 saturated heterocycles. The van der Waals surface area contributed by atoms with Crippen LogP contribution in [0.4, 0.5) is 0 Å². The third-order valence-corrected chi connectivity index (χ3v) is 5.24. The van der Waals surface area contributed by atoms with Crippen LogP contribution in [0.3, 0.4) is 0 Å². The lowest BCUT2D eigenvalue weighted by atomic mass is 10.4. The number of aromatic nitrogens is 1. The van der Waals surface area contributed by atoms with Crippen LogP contribution in [0.25, 0.3) is 0 Å². The number of hydrogen-bond donors (Lipinski definition) is 1. The van der Waals surface area contributed by atoms with E-state index in [-0.39, 0.29) is 21.4 Å². The zero-order chi connectivity index (χ0) is 13.9. The lowest BCUT2D eigenvalue weighted by Crippen LogP contribution is -2.31. The predicted molar refractivity (Wildman–Crippen MR) is 75.9 cm³/mol. The second-order valence-corrected chi connectivity index (χ2v) is 6.46. The second-order valence-electron chi connectivity index (χ2n) is 4.33. The molecule has 0 aromatic carbocycles. The molecule has 1 heterocycles. The molecular formula is C12H16N2O3S2. The summed E-state index contributed by atoms with van der Waals surface area (Å²) in [5.74, 6) is -0.707. The van der Waals surface area contributed by atoms with Gasteiger partial charge in [-0.05, 0) is 26.0 Å². The third kappa shape index (κ3) is 3.48. The summed E-state index contributed by atoms with van der Waals surface area (Å²) in [5, 5.41) is 4.67. The van der Waals surface area contributed by atoms with Gasteiger partial charge in [0, 0.05) is 16.7 Å². The van der Waals surface area contributed by atoms with Gasteiger partial charge < -0.3 is 10.1 Å². The van der Waals surface area contributed by atoms with Crippen LogP contribution in [0, 0.1) is 0 Å². The Balaban J connectivity index is 1.91. The second kappa shape index (κ2) is 5.92. The number of rotatable bonds is 6. The number of thiazole rings is 1. The highest BCUT2D eigenvalue weighted by Crippen LogP contribution is 2.46. The first-order valence-corrected chi connectivity index (χ1v) is 8.16. The molecule has 104 valence electrons. The Labute approximate surface area is 120 Å². The van der Waals surface area contributed by atoms with Crippen LogP contribution in [0.2, 0.25) is 0 Å². The zero-order valence-corrected chi connectivity index (χ0v) is 12.5. The number of esters is 1. The summed E-state index contributed by atoms with van der Waals surface area (Å²) in [4.78, 5) is 27.3. The fourth-order valence-corrected chi connectivity index (χ4v) is 3.01. The van der Waals surface area contributed by atoms with Crippen LogP contribution in [-0.4, -0.2) is 41.0 Å². The Kier molecular flexibility index (Phi) is 4.46. The van der Waals surface area contributed by atoms with Gasteiger partial charge in [0.2, 0.25) is 5.01 Å². The number of hydrogen-bond acceptors (Lipinski definition) is 6. The van der Waals surface area contributed by atoms with Crippen LogP contribution in [0.15, 0.2) is 5.38 Å². The van der Waals surface area contributed by atoms with Crippen LogP contribution in [-0.2, 0) is 4.74 Å². The van der Waals surface area contributed by atoms with E-state index in [9.17, 15) is 9.59 Å². The van der Waals surface area contributed by atoms with E-state index in [0.717, 1.165) is 24.2 Å². The van der Waals surface area contributed by atoms with E-state index in [1.807, 2.05) is 0 Å². The molecule has 0 radical (unpaired) electrons. The maximum atomic E-state index is 11.9. The van der Waals surface area contributed by atoms with E-state index < -0.39 is 5.97 Å². The summed E-state index contributed by atoms with van der Waals surface area (Å²) in [6.45, 7) is 2.69. The maximum absolute atomic E-state index is 11.9. The van der Waals surface area contributed by atoms with Gasteiger partial charge in [0.05, 0.1) is 6.61 Å². The van der Waals surface area contributed by atoms with Crippen molar-refractivity contribution < 1.29 is 14.3 Å². The molecule has 0 aliphatic heterocycles. The lowest BCUT2D eigenvalue weighted by molar-refractivity contribution is 0.0526. The topological polar surface area (TPSA) is 68.3 Å². The molecule has 1 fully saturated rings. The summed E-state index contributed by atoms with van der Waals surface area (Å²) < 4.78 is 5.05. The van der Waals surface area contributed by atoms with Crippen molar-refractivity contribution in [1.82, 2.24) is 10.3 Å². The molecule has 0 unspecified atom stereocenters. The smallest absolute Gasteiger partial charge is 0.367 e. The van der Waals surface area contributed by atoms with Crippen molar-refractivity contribution in [3.8, 4) is 0 Å². The van der Waals surface area contributed by atoms with Gasteiger partial charge in [-0.1, -0.05) is 0 Å². The molecule has 5 nitrogen and oxygen atoms in total. The number of carbonyl (C=O) groups is 2. The normalized spacial score (nSPS) is 15.9. The largest absolute Gasteiger partial charge is 0.461 e. The van der Waals surface area contributed by atoms with E-state index in [2.05, 4.69) is 16.6 Å². The summed E-state index contributed by atoms with van der Waals surface area (Å²) >= 11 is 2.91. The van der Waals surface area contributed by atoms with Crippen LogP contribution in [0.5, 0.6) is 0 Å². The molecule has 1 aromatic rings. The van der Waals surface area contributed by atoms with Gasteiger partial charge >= 0.3 is 5.97 Å². The van der Waals surface area contributed by atoms with Crippen molar-refractivity contribution in [3.05, 3.63) is 16.1 Å². The highest BCUT2D eigenvalue weighted by molar-refractivity contribution is 8.00. The minimum Gasteiger partial charge on any atom is -0.461 e. The fourth-order valence-electron chi connectivity index (χ4n) is 1.59. The number of thioether (sulfide) groups is 1. The number of nitrogens with one attached hydrogen (secondary N) is 1. The first kappa shape index (κ1) is 14.3. The first-order chi connectivity index (χ1) is 9.10. The van der Waals surface area contributed by atoms with E-state index in [4.69, 9.17) is 4.74 Å². The molecule has 1 saturated carbocycles. The molecule has 1 aromatic heterocycles. The summed E-state index contributed by atoms with van der Waals surface area (Å²) in [6, 6.07) is 0. The molecule has 0 atom stereocenters. The van der Waals surface area contributed by atoms with Crippen LogP contribution >= 0.6 is 23.1 Å². The molecule has 19 heavy (non-hydrogen) atoms. The predicted octanol–water partition coefficient (Wildman–Crippen LogP) is 1.95. The quantitative estimate of drug-likeness (QED) is 0.813. The van der Waals surface area contributed by atoms with Crippen molar-refractivity contribution in [2.24, 2.45) is 0 Å². The van der Waals surface area contributed by atoms with Crippen molar-refractivity contribution >= 4 is 35.0 Å². The van der Waals surface area contributed by atoms with E-state index in [1.165, 1.54) is 0 Å². The van der Waals surface area contributed by atoms with Gasteiger partial charge in [0.1, 0.15) is 5.69 Å². The molecule has 0 bridgehead atoms. The van der Waals surface area contributed by atoms with Gasteiger partial charge in [-0.2, -0.15) is 11.8 Å². The summed E-state index contributed by atoms with van der Waals surface area (Å²) in [7, 11) is 0. The van der Waals surface area contributed by atoms with E-state index >= 15 is 0 Å².